The summed E-state index contributed by atoms with van der Waals surface area (Å²) >= 11 is 0. The van der Waals surface area contributed by atoms with Crippen LogP contribution in [0.4, 0.5) is 13.2 Å². The van der Waals surface area contributed by atoms with Gasteiger partial charge < -0.3 is 39.1 Å². The standard InChI is InChI=1S/4C12H11N2O.C11H8N.C8H4F3N4.C8H9NO.4Ir/c4*1-9-8-13-11(12(14-9)15-2)10-6-4-3-5-7-10;1-2-6-10(7-3-1)11-8-4-5-9-12-11;9-8(10,11)7-13-6(14-15-7)5-3-1-2-4-12-5;1-9-6-7-4-2-3-5-8(7)10;;;;/h4*3-6,8H,1-2H3;1-6,8-9H;1-4H;2-6,10H,1H3;;;;/q6*-1;;;;;. The molecule has 0 saturated heterocycles. The summed E-state index contributed by atoms with van der Waals surface area (Å²) in [6.07, 6.45) is 7.17. The molecule has 528 valence electrons. The molecule has 0 aliphatic heterocycles. The van der Waals surface area contributed by atoms with E-state index < -0.39 is 12.0 Å². The van der Waals surface area contributed by atoms with Gasteiger partial charge in [0.1, 0.15) is 11.6 Å². The van der Waals surface area contributed by atoms with Crippen molar-refractivity contribution >= 4 is 6.21 Å². The summed E-state index contributed by atoms with van der Waals surface area (Å²) in [6.45, 7) is 7.53. The van der Waals surface area contributed by atoms with Crippen molar-refractivity contribution in [3.63, 3.8) is 0 Å². The molecule has 0 spiro atoms. The molecule has 101 heavy (non-hydrogen) atoms. The van der Waals surface area contributed by atoms with Crippen LogP contribution >= 0.6 is 0 Å². The Morgan fingerprint density at radius 3 is 1.00 bits per heavy atom. The number of alkyl halides is 3. The van der Waals surface area contributed by atoms with Crippen LogP contribution in [0.3, 0.4) is 0 Å². The van der Waals surface area contributed by atoms with Gasteiger partial charge in [0.25, 0.3) is 0 Å². The molecule has 26 heteroatoms. The minimum atomic E-state index is -4.57. The monoisotopic (exact) mass is 2070 g/mol. The fraction of sp³-hybridized carbons (Fsp3) is 0.133. The van der Waals surface area contributed by atoms with E-state index in [1.165, 1.54) is 12.3 Å². The first kappa shape index (κ1) is 85.4. The molecule has 0 saturated carbocycles. The van der Waals surface area contributed by atoms with Crippen molar-refractivity contribution in [3.05, 3.63) is 284 Å². The van der Waals surface area contributed by atoms with Crippen molar-refractivity contribution in [3.8, 4) is 97.1 Å². The van der Waals surface area contributed by atoms with Gasteiger partial charge in [-0.3, -0.25) is 35.0 Å². The van der Waals surface area contributed by atoms with Crippen molar-refractivity contribution in [2.24, 2.45) is 4.99 Å². The number of nitrogens with zero attached hydrogens (tertiary/aromatic N) is 14. The maximum absolute atomic E-state index is 12.1. The fourth-order valence-corrected chi connectivity index (χ4v) is 8.07. The number of aromatic nitrogens is 13. The minimum Gasteiger partial charge on any atom is -0.507 e. The van der Waals surface area contributed by atoms with Gasteiger partial charge in [-0.25, -0.2) is 19.9 Å². The number of pyridine rings is 2. The van der Waals surface area contributed by atoms with Gasteiger partial charge in [0, 0.05) is 159 Å². The second-order valence-corrected chi connectivity index (χ2v) is 19.7. The Morgan fingerprint density at radius 2 is 0.723 bits per heavy atom. The summed E-state index contributed by atoms with van der Waals surface area (Å²) in [5, 5.41) is 15.4. The van der Waals surface area contributed by atoms with E-state index in [4.69, 9.17) is 24.1 Å². The number of benzene rings is 6. The van der Waals surface area contributed by atoms with Crippen molar-refractivity contribution < 1.29 is 118 Å². The van der Waals surface area contributed by atoms with E-state index in [-0.39, 0.29) is 97.7 Å². The van der Waals surface area contributed by atoms with Gasteiger partial charge >= 0.3 is 6.18 Å². The molecule has 0 fully saturated rings. The van der Waals surface area contributed by atoms with Crippen molar-refractivity contribution in [1.29, 1.82) is 0 Å². The van der Waals surface area contributed by atoms with Crippen molar-refractivity contribution in [2.75, 3.05) is 35.5 Å². The second kappa shape index (κ2) is 45.7. The normalized spacial score (nSPS) is 9.86. The van der Waals surface area contributed by atoms with E-state index in [1.54, 1.807) is 97.0 Å². The van der Waals surface area contributed by atoms with Crippen LogP contribution in [-0.4, -0.2) is 107 Å². The van der Waals surface area contributed by atoms with E-state index in [9.17, 15) is 13.2 Å². The third kappa shape index (κ3) is 27.6. The van der Waals surface area contributed by atoms with Gasteiger partial charge in [-0.1, -0.05) is 30.3 Å². The third-order valence-corrected chi connectivity index (χ3v) is 12.5. The Morgan fingerprint density at radius 1 is 0.406 bits per heavy atom. The summed E-state index contributed by atoms with van der Waals surface area (Å²) in [5.41, 5.74) is 12.9. The molecule has 6 aromatic carbocycles. The number of phenols is 1. The molecule has 0 atom stereocenters. The van der Waals surface area contributed by atoms with E-state index in [0.717, 1.165) is 84.6 Å². The third-order valence-electron chi connectivity index (χ3n) is 12.5. The van der Waals surface area contributed by atoms with Crippen LogP contribution in [0.2, 0.25) is 0 Å². The first-order chi connectivity index (χ1) is 47.1. The molecule has 19 nitrogen and oxygen atoms in total. The van der Waals surface area contributed by atoms with Crippen LogP contribution in [0.25, 0.3) is 67.8 Å². The average molecular weight is 2070 g/mol. The zero-order valence-corrected chi connectivity index (χ0v) is 65.3. The number of rotatable bonds is 11. The Balaban J connectivity index is 0.000000305. The Bertz CT molecular complexity index is 4090. The Labute approximate surface area is 639 Å². The second-order valence-electron chi connectivity index (χ2n) is 19.7. The number of para-hydroxylation sites is 1. The zero-order valence-electron chi connectivity index (χ0n) is 55.7. The number of hydrogen-bond donors (Lipinski definition) is 1. The molecular formula is C75H65F3Ir4N14O5-6. The van der Waals surface area contributed by atoms with E-state index in [0.29, 0.717) is 23.5 Å². The topological polar surface area (TPSA) is 238 Å². The molecule has 0 bridgehead atoms. The molecule has 0 amide bonds. The fourth-order valence-electron chi connectivity index (χ4n) is 8.07. The Hall–Kier alpha value is -9.86. The molecule has 13 aromatic rings. The Kier molecular flexibility index (Phi) is 38.7. The number of aliphatic imine (C=N–C) groups is 1. The van der Waals surface area contributed by atoms with E-state index >= 15 is 0 Å². The summed E-state index contributed by atoms with van der Waals surface area (Å²) in [7, 11) is 8.05. The van der Waals surface area contributed by atoms with Gasteiger partial charge in [0.15, 0.2) is 23.5 Å². The number of aryl methyl sites for hydroxylation is 4. The predicted octanol–water partition coefficient (Wildman–Crippen LogP) is 14.5. The SMILES string of the molecule is CN=Cc1ccccc1O.COc1nc(C)cnc1-c1[c-]cccc1.COc1nc(C)cnc1-c1[c-]cccc1.COc1nc(C)cnc1-c1[c-]cccc1.COc1nc(C)cnc1-c1[c-]cccc1.FC(F)(F)c1n[n-]c(-c2ccccn2)n1.[Ir].[Ir].[Ir].[Ir].[c-]1ccccc1-c1ccccn1. The first-order valence-corrected chi connectivity index (χ1v) is 29.5. The summed E-state index contributed by atoms with van der Waals surface area (Å²) < 4.78 is 57.1. The van der Waals surface area contributed by atoms with Gasteiger partial charge in [-0.05, 0) is 69.5 Å². The number of aromatic hydroxyl groups is 1. The molecule has 1 N–H and O–H groups in total. The zero-order chi connectivity index (χ0) is 69.2. The average Bonchev–Trinajstić information content (AvgIpc) is 1.50. The maximum Gasteiger partial charge on any atom is 0.429 e. The van der Waals surface area contributed by atoms with Crippen molar-refractivity contribution in [1.82, 2.24) is 65.0 Å². The number of halogens is 3. The molecule has 7 heterocycles. The van der Waals surface area contributed by atoms with Crippen LogP contribution in [0.15, 0.2) is 224 Å². The number of hydrogen-bond acceptors (Lipinski definition) is 18. The minimum absolute atomic E-state index is 0. The molecular weight excluding hydrogens is 2000 g/mol. The van der Waals surface area contributed by atoms with Gasteiger partial charge in [-0.15, -0.1) is 179 Å². The molecule has 13 rings (SSSR count). The predicted molar refractivity (Wildman–Crippen MR) is 364 cm³/mol. The van der Waals surface area contributed by atoms with Crippen LogP contribution < -0.4 is 24.0 Å². The molecule has 0 aliphatic rings. The quantitative estimate of drug-likeness (QED) is 0.0935. The molecule has 7 aromatic heterocycles. The van der Waals surface area contributed by atoms with Crippen LogP contribution in [0.5, 0.6) is 29.3 Å². The van der Waals surface area contributed by atoms with Gasteiger partial charge in [0.05, 0.1) is 56.9 Å². The number of ether oxygens (including phenoxy) is 4. The molecule has 0 unspecified atom stereocenters. The first-order valence-electron chi connectivity index (χ1n) is 29.5. The summed E-state index contributed by atoms with van der Waals surface area (Å²) in [4.78, 5) is 49.3. The summed E-state index contributed by atoms with van der Waals surface area (Å²) in [5.74, 6) is 1.06. The maximum atomic E-state index is 12.1. The van der Waals surface area contributed by atoms with E-state index in [1.807, 2.05) is 179 Å². The smallest absolute Gasteiger partial charge is 0.429 e. The number of methoxy groups -OCH3 is 4. The molecule has 4 radical (unpaired) electrons. The van der Waals surface area contributed by atoms with Crippen LogP contribution in [-0.2, 0) is 86.6 Å². The van der Waals surface area contributed by atoms with Gasteiger partial charge in [-0.2, -0.15) is 13.2 Å². The van der Waals surface area contributed by atoms with Crippen LogP contribution in [0.1, 0.15) is 34.2 Å². The largest absolute Gasteiger partial charge is 0.507 e. The number of phenolic OH excluding ortho intramolecular Hbond substituents is 1. The van der Waals surface area contributed by atoms with E-state index in [2.05, 4.69) is 100 Å². The van der Waals surface area contributed by atoms with Crippen molar-refractivity contribution in [2.45, 2.75) is 33.9 Å². The van der Waals surface area contributed by atoms with Gasteiger partial charge in [0.2, 0.25) is 0 Å². The summed E-state index contributed by atoms with van der Waals surface area (Å²) in [6, 6.07) is 71.6. The molecule has 0 aliphatic carbocycles. The van der Waals surface area contributed by atoms with Crippen LogP contribution in [0, 0.1) is 58.0 Å².